The standard InChI is InChI=1S/C21H27N3O2S/c1-3-23(13-15-6-7-15)20(25)16-8-9-19(26-2)17(12-16)18-14-27-21(22-18)24-10-4-5-11-24/h8-9,12,14-15H,3-7,10-11,13H2,1-2H3. The lowest BCUT2D eigenvalue weighted by Gasteiger charge is -2.21. The molecule has 0 spiro atoms. The highest BCUT2D eigenvalue weighted by Gasteiger charge is 2.27. The van der Waals surface area contributed by atoms with Gasteiger partial charge < -0.3 is 14.5 Å². The molecule has 27 heavy (non-hydrogen) atoms. The minimum atomic E-state index is 0.100. The van der Waals surface area contributed by atoms with Gasteiger partial charge in [0.25, 0.3) is 5.91 Å². The lowest BCUT2D eigenvalue weighted by atomic mass is 10.1. The van der Waals surface area contributed by atoms with Crippen molar-refractivity contribution < 1.29 is 9.53 Å². The van der Waals surface area contributed by atoms with Gasteiger partial charge in [0.05, 0.1) is 12.8 Å². The van der Waals surface area contributed by atoms with Crippen molar-refractivity contribution >= 4 is 22.4 Å². The molecule has 2 heterocycles. The van der Waals surface area contributed by atoms with Gasteiger partial charge in [-0.1, -0.05) is 0 Å². The number of hydrogen-bond donors (Lipinski definition) is 0. The molecule has 0 radical (unpaired) electrons. The Morgan fingerprint density at radius 2 is 2.11 bits per heavy atom. The fraction of sp³-hybridized carbons (Fsp3) is 0.524. The second-order valence-corrected chi connectivity index (χ2v) is 8.25. The fourth-order valence-corrected chi connectivity index (χ4v) is 4.51. The minimum absolute atomic E-state index is 0.100. The van der Waals surface area contributed by atoms with E-state index < -0.39 is 0 Å². The van der Waals surface area contributed by atoms with Gasteiger partial charge in [0.15, 0.2) is 5.13 Å². The van der Waals surface area contributed by atoms with Crippen LogP contribution >= 0.6 is 11.3 Å². The van der Waals surface area contributed by atoms with E-state index in [9.17, 15) is 4.79 Å². The highest BCUT2D eigenvalue weighted by atomic mass is 32.1. The first kappa shape index (κ1) is 18.3. The van der Waals surface area contributed by atoms with Gasteiger partial charge >= 0.3 is 0 Å². The van der Waals surface area contributed by atoms with Crippen LogP contribution in [0, 0.1) is 5.92 Å². The van der Waals surface area contributed by atoms with E-state index in [2.05, 4.69) is 10.3 Å². The van der Waals surface area contributed by atoms with Gasteiger partial charge in [0, 0.05) is 42.7 Å². The summed E-state index contributed by atoms with van der Waals surface area (Å²) >= 11 is 1.67. The van der Waals surface area contributed by atoms with Gasteiger partial charge in [0.2, 0.25) is 0 Å². The molecule has 5 nitrogen and oxygen atoms in total. The number of amides is 1. The average molecular weight is 386 g/mol. The molecule has 144 valence electrons. The Morgan fingerprint density at radius 3 is 2.78 bits per heavy atom. The number of hydrogen-bond acceptors (Lipinski definition) is 5. The van der Waals surface area contributed by atoms with Gasteiger partial charge in [-0.2, -0.15) is 0 Å². The number of benzene rings is 1. The summed E-state index contributed by atoms with van der Waals surface area (Å²) in [4.78, 5) is 22.1. The van der Waals surface area contributed by atoms with Crippen molar-refractivity contribution in [1.29, 1.82) is 0 Å². The molecule has 2 aliphatic rings. The van der Waals surface area contributed by atoms with Crippen LogP contribution in [-0.4, -0.2) is 49.1 Å². The molecule has 6 heteroatoms. The Morgan fingerprint density at radius 1 is 1.33 bits per heavy atom. The summed E-state index contributed by atoms with van der Waals surface area (Å²) in [6, 6.07) is 5.70. The zero-order valence-electron chi connectivity index (χ0n) is 16.1. The van der Waals surface area contributed by atoms with E-state index in [1.54, 1.807) is 18.4 Å². The van der Waals surface area contributed by atoms with Crippen LogP contribution in [-0.2, 0) is 0 Å². The maximum absolute atomic E-state index is 13.0. The summed E-state index contributed by atoms with van der Waals surface area (Å²) in [5.41, 5.74) is 2.50. The van der Waals surface area contributed by atoms with Gasteiger partial charge in [-0.05, 0) is 56.7 Å². The minimum Gasteiger partial charge on any atom is -0.496 e. The molecular formula is C21H27N3O2S. The second-order valence-electron chi connectivity index (χ2n) is 7.41. The van der Waals surface area contributed by atoms with Crippen LogP contribution < -0.4 is 9.64 Å². The number of anilines is 1. The largest absolute Gasteiger partial charge is 0.496 e. The third-order valence-electron chi connectivity index (χ3n) is 5.44. The van der Waals surface area contributed by atoms with Crippen molar-refractivity contribution in [2.45, 2.75) is 32.6 Å². The highest BCUT2D eigenvalue weighted by molar-refractivity contribution is 7.14. The molecule has 4 rings (SSSR count). The molecular weight excluding hydrogens is 358 g/mol. The van der Waals surface area contributed by atoms with Crippen molar-refractivity contribution in [3.05, 3.63) is 29.1 Å². The van der Waals surface area contributed by atoms with Crippen LogP contribution in [0.4, 0.5) is 5.13 Å². The maximum Gasteiger partial charge on any atom is 0.253 e. The molecule has 1 aromatic heterocycles. The van der Waals surface area contributed by atoms with E-state index in [4.69, 9.17) is 9.72 Å². The summed E-state index contributed by atoms with van der Waals surface area (Å²) < 4.78 is 5.56. The molecule has 1 amide bonds. The summed E-state index contributed by atoms with van der Waals surface area (Å²) in [5, 5.41) is 3.13. The maximum atomic E-state index is 13.0. The van der Waals surface area contributed by atoms with E-state index in [1.165, 1.54) is 25.7 Å². The zero-order chi connectivity index (χ0) is 18.8. The predicted molar refractivity (Wildman–Crippen MR) is 110 cm³/mol. The van der Waals surface area contributed by atoms with E-state index in [0.29, 0.717) is 11.5 Å². The zero-order valence-corrected chi connectivity index (χ0v) is 16.9. The third-order valence-corrected chi connectivity index (χ3v) is 6.34. The van der Waals surface area contributed by atoms with Crippen molar-refractivity contribution in [2.75, 3.05) is 38.2 Å². The molecule has 0 bridgehead atoms. The number of thiazole rings is 1. The van der Waals surface area contributed by atoms with Gasteiger partial charge in [-0.3, -0.25) is 4.79 Å². The highest BCUT2D eigenvalue weighted by Crippen LogP contribution is 2.35. The van der Waals surface area contributed by atoms with Gasteiger partial charge in [0.1, 0.15) is 5.75 Å². The molecule has 0 atom stereocenters. The van der Waals surface area contributed by atoms with Crippen molar-refractivity contribution in [3.63, 3.8) is 0 Å². The summed E-state index contributed by atoms with van der Waals surface area (Å²) in [5.74, 6) is 1.55. The second kappa shape index (κ2) is 7.89. The van der Waals surface area contributed by atoms with Crippen molar-refractivity contribution in [2.24, 2.45) is 5.92 Å². The number of carbonyl (C=O) groups is 1. The van der Waals surface area contributed by atoms with Crippen LogP contribution in [0.1, 0.15) is 43.0 Å². The van der Waals surface area contributed by atoms with Crippen LogP contribution in [0.5, 0.6) is 5.75 Å². The Kier molecular flexibility index (Phi) is 5.34. The lowest BCUT2D eigenvalue weighted by Crippen LogP contribution is -2.32. The SMILES string of the molecule is CCN(CC1CC1)C(=O)c1ccc(OC)c(-c2csc(N3CCCC3)n2)c1. The molecule has 2 fully saturated rings. The first-order chi connectivity index (χ1) is 13.2. The van der Waals surface area contributed by atoms with Crippen LogP contribution in [0.3, 0.4) is 0 Å². The van der Waals surface area contributed by atoms with Crippen molar-refractivity contribution in [1.82, 2.24) is 9.88 Å². The van der Waals surface area contributed by atoms with E-state index >= 15 is 0 Å². The summed E-state index contributed by atoms with van der Waals surface area (Å²) in [6.07, 6.45) is 4.96. The molecule has 0 unspecified atom stereocenters. The number of ether oxygens (including phenoxy) is 1. The third kappa shape index (κ3) is 3.95. The lowest BCUT2D eigenvalue weighted by molar-refractivity contribution is 0.0757. The fourth-order valence-electron chi connectivity index (χ4n) is 3.63. The quantitative estimate of drug-likeness (QED) is 0.713. The molecule has 1 aliphatic carbocycles. The number of aromatic nitrogens is 1. The topological polar surface area (TPSA) is 45.7 Å². The van der Waals surface area contributed by atoms with Crippen LogP contribution in [0.2, 0.25) is 0 Å². The van der Waals surface area contributed by atoms with Crippen molar-refractivity contribution in [3.8, 4) is 17.0 Å². The molecule has 1 aromatic carbocycles. The van der Waals surface area contributed by atoms with Crippen LogP contribution in [0.15, 0.2) is 23.6 Å². The Balaban J connectivity index is 1.61. The molecule has 1 aliphatic heterocycles. The van der Waals surface area contributed by atoms with Gasteiger partial charge in [-0.25, -0.2) is 4.98 Å². The summed E-state index contributed by atoms with van der Waals surface area (Å²) in [6.45, 7) is 5.82. The first-order valence-electron chi connectivity index (χ1n) is 9.87. The van der Waals surface area contributed by atoms with Crippen LogP contribution in [0.25, 0.3) is 11.3 Å². The normalized spacial score (nSPS) is 16.6. The number of carbonyl (C=O) groups excluding carboxylic acids is 1. The predicted octanol–water partition coefficient (Wildman–Crippen LogP) is 4.29. The molecule has 0 N–H and O–H groups in total. The Labute approximate surface area is 165 Å². The smallest absolute Gasteiger partial charge is 0.253 e. The number of nitrogens with zero attached hydrogens (tertiary/aromatic N) is 3. The monoisotopic (exact) mass is 385 g/mol. The van der Waals surface area contributed by atoms with E-state index in [-0.39, 0.29) is 5.91 Å². The average Bonchev–Trinajstić information content (AvgIpc) is 3.14. The van der Waals surface area contributed by atoms with Gasteiger partial charge in [-0.15, -0.1) is 11.3 Å². The number of methoxy groups -OCH3 is 1. The Hall–Kier alpha value is -2.08. The van der Waals surface area contributed by atoms with E-state index in [0.717, 1.165) is 48.3 Å². The Bertz CT molecular complexity index is 810. The van der Waals surface area contributed by atoms with E-state index in [1.807, 2.05) is 30.0 Å². The number of rotatable bonds is 7. The molecule has 1 saturated heterocycles. The first-order valence-corrected chi connectivity index (χ1v) is 10.8. The summed E-state index contributed by atoms with van der Waals surface area (Å²) in [7, 11) is 1.67. The molecule has 1 saturated carbocycles. The molecule has 2 aromatic rings.